The van der Waals surface area contributed by atoms with Crippen molar-refractivity contribution in [3.05, 3.63) is 35.4 Å². The summed E-state index contributed by atoms with van der Waals surface area (Å²) in [4.78, 5) is 25.3. The number of piperidine rings is 1. The molecule has 5 heteroatoms. The molecule has 1 aliphatic rings. The molecule has 1 amide bonds. The zero-order valence-electron chi connectivity index (χ0n) is 11.5. The lowest BCUT2D eigenvalue weighted by Crippen LogP contribution is -2.48. The molecule has 0 spiro atoms. The number of benzene rings is 1. The fourth-order valence-corrected chi connectivity index (χ4v) is 2.52. The number of amides is 1. The molecule has 0 bridgehead atoms. The SMILES string of the molecule is CC1(C(=O)O)CCCN(C(=O)c2ccc(CO)cc2)C1. The summed E-state index contributed by atoms with van der Waals surface area (Å²) in [7, 11) is 0. The number of nitrogens with zero attached hydrogens (tertiary/aromatic N) is 1. The Labute approximate surface area is 117 Å². The second-order valence-electron chi connectivity index (χ2n) is 5.55. The normalized spacial score (nSPS) is 22.6. The number of carboxylic acids is 1. The van der Waals surface area contributed by atoms with Crippen molar-refractivity contribution in [3.63, 3.8) is 0 Å². The maximum Gasteiger partial charge on any atom is 0.311 e. The van der Waals surface area contributed by atoms with Crippen LogP contribution in [0.25, 0.3) is 0 Å². The van der Waals surface area contributed by atoms with Crippen molar-refractivity contribution in [1.29, 1.82) is 0 Å². The Morgan fingerprint density at radius 1 is 1.30 bits per heavy atom. The Bertz CT molecular complexity index is 511. The van der Waals surface area contributed by atoms with Gasteiger partial charge in [-0.3, -0.25) is 9.59 Å². The highest BCUT2D eigenvalue weighted by Gasteiger charge is 2.39. The molecule has 1 aromatic rings. The van der Waals surface area contributed by atoms with Gasteiger partial charge in [0.15, 0.2) is 0 Å². The van der Waals surface area contributed by atoms with Gasteiger partial charge in [0, 0.05) is 18.7 Å². The van der Waals surface area contributed by atoms with E-state index in [0.29, 0.717) is 24.9 Å². The maximum absolute atomic E-state index is 12.4. The van der Waals surface area contributed by atoms with Crippen LogP contribution in [-0.2, 0) is 11.4 Å². The quantitative estimate of drug-likeness (QED) is 0.877. The van der Waals surface area contributed by atoms with Gasteiger partial charge >= 0.3 is 5.97 Å². The minimum absolute atomic E-state index is 0.0602. The van der Waals surface area contributed by atoms with Gasteiger partial charge in [-0.15, -0.1) is 0 Å². The molecule has 5 nitrogen and oxygen atoms in total. The summed E-state index contributed by atoms with van der Waals surface area (Å²) < 4.78 is 0. The van der Waals surface area contributed by atoms with Gasteiger partial charge in [-0.25, -0.2) is 0 Å². The fourth-order valence-electron chi connectivity index (χ4n) is 2.52. The van der Waals surface area contributed by atoms with E-state index >= 15 is 0 Å². The van der Waals surface area contributed by atoms with E-state index in [1.807, 2.05) is 0 Å². The number of rotatable bonds is 3. The first-order valence-electron chi connectivity index (χ1n) is 6.69. The number of carbonyl (C=O) groups excluding carboxylic acids is 1. The van der Waals surface area contributed by atoms with E-state index in [9.17, 15) is 14.7 Å². The molecular weight excluding hydrogens is 258 g/mol. The molecule has 0 radical (unpaired) electrons. The number of aliphatic hydroxyl groups excluding tert-OH is 1. The number of carbonyl (C=O) groups is 2. The van der Waals surface area contributed by atoms with Gasteiger partial charge in [0.2, 0.25) is 0 Å². The highest BCUT2D eigenvalue weighted by Crippen LogP contribution is 2.30. The molecule has 0 saturated carbocycles. The molecule has 1 unspecified atom stereocenters. The van der Waals surface area contributed by atoms with Crippen molar-refractivity contribution in [3.8, 4) is 0 Å². The van der Waals surface area contributed by atoms with E-state index < -0.39 is 11.4 Å². The first-order chi connectivity index (χ1) is 9.46. The van der Waals surface area contributed by atoms with Crippen LogP contribution in [0.15, 0.2) is 24.3 Å². The van der Waals surface area contributed by atoms with E-state index in [-0.39, 0.29) is 19.1 Å². The van der Waals surface area contributed by atoms with Gasteiger partial charge in [-0.2, -0.15) is 0 Å². The minimum Gasteiger partial charge on any atom is -0.481 e. The average molecular weight is 277 g/mol. The number of aliphatic hydroxyl groups is 1. The van der Waals surface area contributed by atoms with Crippen molar-refractivity contribution < 1.29 is 19.8 Å². The summed E-state index contributed by atoms with van der Waals surface area (Å²) in [5, 5.41) is 18.3. The van der Waals surface area contributed by atoms with Crippen LogP contribution in [-0.4, -0.2) is 40.1 Å². The van der Waals surface area contributed by atoms with Crippen molar-refractivity contribution in [2.75, 3.05) is 13.1 Å². The van der Waals surface area contributed by atoms with Gasteiger partial charge in [0.1, 0.15) is 0 Å². The van der Waals surface area contributed by atoms with Gasteiger partial charge < -0.3 is 15.1 Å². The van der Waals surface area contributed by atoms with E-state index in [1.54, 1.807) is 36.1 Å². The summed E-state index contributed by atoms with van der Waals surface area (Å²) in [6.07, 6.45) is 1.29. The van der Waals surface area contributed by atoms with Crippen molar-refractivity contribution in [2.45, 2.75) is 26.4 Å². The summed E-state index contributed by atoms with van der Waals surface area (Å²) in [5.41, 5.74) is 0.409. The second-order valence-corrected chi connectivity index (χ2v) is 5.55. The van der Waals surface area contributed by atoms with E-state index in [0.717, 1.165) is 5.56 Å². The van der Waals surface area contributed by atoms with Crippen LogP contribution >= 0.6 is 0 Å². The van der Waals surface area contributed by atoms with E-state index in [1.165, 1.54) is 0 Å². The molecule has 2 N–H and O–H groups in total. The van der Waals surface area contributed by atoms with Crippen molar-refractivity contribution in [1.82, 2.24) is 4.90 Å². The third-order valence-electron chi connectivity index (χ3n) is 3.88. The standard InChI is InChI=1S/C15H19NO4/c1-15(14(19)20)7-2-8-16(10-15)13(18)12-5-3-11(9-17)4-6-12/h3-6,17H,2,7-10H2,1H3,(H,19,20). The molecule has 2 rings (SSSR count). The molecule has 1 aliphatic heterocycles. The Hall–Kier alpha value is -1.88. The van der Waals surface area contributed by atoms with Crippen molar-refractivity contribution in [2.24, 2.45) is 5.41 Å². The van der Waals surface area contributed by atoms with E-state index in [4.69, 9.17) is 5.11 Å². The molecule has 1 heterocycles. The van der Waals surface area contributed by atoms with Gasteiger partial charge in [0.25, 0.3) is 5.91 Å². The largest absolute Gasteiger partial charge is 0.481 e. The molecule has 1 atom stereocenters. The number of aliphatic carboxylic acids is 1. The molecular formula is C15H19NO4. The lowest BCUT2D eigenvalue weighted by molar-refractivity contribution is -0.150. The molecule has 1 fully saturated rings. The summed E-state index contributed by atoms with van der Waals surface area (Å²) >= 11 is 0. The van der Waals surface area contributed by atoms with Crippen molar-refractivity contribution >= 4 is 11.9 Å². The molecule has 1 aromatic carbocycles. The highest BCUT2D eigenvalue weighted by atomic mass is 16.4. The number of hydrogen-bond donors (Lipinski definition) is 2. The molecule has 0 aliphatic carbocycles. The Morgan fingerprint density at radius 2 is 1.95 bits per heavy atom. The Morgan fingerprint density at radius 3 is 2.50 bits per heavy atom. The molecule has 20 heavy (non-hydrogen) atoms. The van der Waals surface area contributed by atoms with Crippen LogP contribution in [0.2, 0.25) is 0 Å². The summed E-state index contributed by atoms with van der Waals surface area (Å²) in [6.45, 7) is 2.45. The topological polar surface area (TPSA) is 77.8 Å². The van der Waals surface area contributed by atoms with Crippen LogP contribution in [0, 0.1) is 5.41 Å². The first-order valence-corrected chi connectivity index (χ1v) is 6.69. The lowest BCUT2D eigenvalue weighted by Gasteiger charge is -2.37. The molecule has 108 valence electrons. The minimum atomic E-state index is -0.862. The zero-order valence-corrected chi connectivity index (χ0v) is 11.5. The van der Waals surface area contributed by atoms with Gasteiger partial charge in [-0.1, -0.05) is 12.1 Å². The third kappa shape index (κ3) is 2.82. The summed E-state index contributed by atoms with van der Waals surface area (Å²) in [5.74, 6) is -1.01. The van der Waals surface area contributed by atoms with Gasteiger partial charge in [0.05, 0.1) is 12.0 Å². The predicted octanol–water partition coefficient (Wildman–Crippen LogP) is 1.51. The highest BCUT2D eigenvalue weighted by molar-refractivity contribution is 5.94. The Balaban J connectivity index is 2.14. The first kappa shape index (κ1) is 14.5. The van der Waals surface area contributed by atoms with Crippen LogP contribution in [0.1, 0.15) is 35.7 Å². The number of hydrogen-bond acceptors (Lipinski definition) is 3. The molecule has 1 saturated heterocycles. The lowest BCUT2D eigenvalue weighted by atomic mass is 9.82. The molecule has 0 aromatic heterocycles. The monoisotopic (exact) mass is 277 g/mol. The van der Waals surface area contributed by atoms with Crippen LogP contribution in [0.5, 0.6) is 0 Å². The van der Waals surface area contributed by atoms with Crippen LogP contribution < -0.4 is 0 Å². The van der Waals surface area contributed by atoms with Crippen LogP contribution in [0.4, 0.5) is 0 Å². The van der Waals surface area contributed by atoms with Crippen LogP contribution in [0.3, 0.4) is 0 Å². The second kappa shape index (κ2) is 5.63. The predicted molar refractivity (Wildman–Crippen MR) is 73.2 cm³/mol. The number of carboxylic acid groups (broad SMARTS) is 1. The third-order valence-corrected chi connectivity index (χ3v) is 3.88. The fraction of sp³-hybridized carbons (Fsp3) is 0.467. The smallest absolute Gasteiger partial charge is 0.311 e. The zero-order chi connectivity index (χ0) is 14.8. The Kier molecular flexibility index (Phi) is 4.09. The number of likely N-dealkylation sites (tertiary alicyclic amines) is 1. The van der Waals surface area contributed by atoms with E-state index in [2.05, 4.69) is 0 Å². The average Bonchev–Trinajstić information content (AvgIpc) is 2.46. The maximum atomic E-state index is 12.4. The van der Waals surface area contributed by atoms with Gasteiger partial charge in [-0.05, 0) is 37.5 Å². The summed E-state index contributed by atoms with van der Waals surface area (Å²) in [6, 6.07) is 6.74.